The molecule has 1 aliphatic rings. The predicted octanol–water partition coefficient (Wildman–Crippen LogP) is 3.27. The maximum absolute atomic E-state index is 5.93. The van der Waals surface area contributed by atoms with Crippen LogP contribution in [0.3, 0.4) is 0 Å². The van der Waals surface area contributed by atoms with Gasteiger partial charge in [0.05, 0.1) is 0 Å². The van der Waals surface area contributed by atoms with Crippen molar-refractivity contribution >= 4 is 0 Å². The number of nitrogens with zero attached hydrogens (tertiary/aromatic N) is 3. The molecule has 0 amide bonds. The summed E-state index contributed by atoms with van der Waals surface area (Å²) in [5.74, 6) is 1.85. The minimum absolute atomic E-state index is 0.0869. The monoisotopic (exact) mass is 334 g/mol. The highest BCUT2D eigenvalue weighted by Gasteiger charge is 2.29. The molecular weight excluding hydrogens is 312 g/mol. The van der Waals surface area contributed by atoms with Gasteiger partial charge in [-0.05, 0) is 48.7 Å². The Kier molecular flexibility index (Phi) is 4.01. The molecule has 5 heteroatoms. The number of nitrogens with one attached hydrogen (secondary N) is 1. The summed E-state index contributed by atoms with van der Waals surface area (Å²) in [5, 5.41) is 7.67. The van der Waals surface area contributed by atoms with Crippen LogP contribution >= 0.6 is 0 Å². The number of rotatable bonds is 5. The molecule has 5 nitrogen and oxygen atoms in total. The Labute approximate surface area is 147 Å². The third kappa shape index (κ3) is 3.56. The van der Waals surface area contributed by atoms with Gasteiger partial charge in [-0.3, -0.25) is 0 Å². The van der Waals surface area contributed by atoms with E-state index in [4.69, 9.17) is 4.74 Å². The van der Waals surface area contributed by atoms with E-state index >= 15 is 0 Å². The van der Waals surface area contributed by atoms with Crippen LogP contribution in [0, 0.1) is 0 Å². The van der Waals surface area contributed by atoms with Gasteiger partial charge in [0.25, 0.3) is 0 Å². The van der Waals surface area contributed by atoms with Crippen LogP contribution in [0.2, 0.25) is 0 Å². The highest BCUT2D eigenvalue weighted by Crippen LogP contribution is 2.35. The fraction of sp³-hybridized carbons (Fsp3) is 0.300. The summed E-state index contributed by atoms with van der Waals surface area (Å²) in [6.45, 7) is 5.87. The number of fused-ring (bicyclic) bond motifs is 1. The van der Waals surface area contributed by atoms with E-state index in [-0.39, 0.29) is 5.60 Å². The number of hydrogen-bond acceptors (Lipinski definition) is 4. The second kappa shape index (κ2) is 6.33. The molecule has 3 aromatic rings. The van der Waals surface area contributed by atoms with E-state index in [0.717, 1.165) is 36.6 Å². The smallest absolute Gasteiger partial charge is 0.153 e. The van der Waals surface area contributed by atoms with Gasteiger partial charge in [0, 0.05) is 38.1 Å². The van der Waals surface area contributed by atoms with Crippen LogP contribution in [0.15, 0.2) is 55.0 Å². The van der Waals surface area contributed by atoms with E-state index in [1.54, 1.807) is 10.9 Å². The summed E-state index contributed by atoms with van der Waals surface area (Å²) >= 11 is 0. The summed E-state index contributed by atoms with van der Waals surface area (Å²) < 4.78 is 7.68. The molecule has 3 heterocycles. The SMILES string of the molecule is CC1(C)Cc2cc(CNCc3ccc(-n4cccn4)nc3)ccc2O1. The van der Waals surface area contributed by atoms with Crippen LogP contribution in [-0.2, 0) is 19.5 Å². The van der Waals surface area contributed by atoms with E-state index < -0.39 is 0 Å². The number of hydrogen-bond donors (Lipinski definition) is 1. The van der Waals surface area contributed by atoms with Crippen molar-refractivity contribution in [1.82, 2.24) is 20.1 Å². The Morgan fingerprint density at radius 3 is 2.76 bits per heavy atom. The lowest BCUT2D eigenvalue weighted by Gasteiger charge is -2.16. The van der Waals surface area contributed by atoms with Gasteiger partial charge < -0.3 is 10.1 Å². The molecule has 0 spiro atoms. The highest BCUT2D eigenvalue weighted by molar-refractivity contribution is 5.41. The lowest BCUT2D eigenvalue weighted by molar-refractivity contribution is 0.138. The van der Waals surface area contributed by atoms with Gasteiger partial charge in [-0.25, -0.2) is 9.67 Å². The maximum atomic E-state index is 5.93. The molecule has 25 heavy (non-hydrogen) atoms. The molecule has 0 bridgehead atoms. The highest BCUT2D eigenvalue weighted by atomic mass is 16.5. The summed E-state index contributed by atoms with van der Waals surface area (Å²) in [6.07, 6.45) is 6.50. The van der Waals surface area contributed by atoms with Crippen LogP contribution in [0.1, 0.15) is 30.5 Å². The summed E-state index contributed by atoms with van der Waals surface area (Å²) in [4.78, 5) is 4.45. The number of benzene rings is 1. The Hall–Kier alpha value is -2.66. The van der Waals surface area contributed by atoms with Crippen molar-refractivity contribution in [3.63, 3.8) is 0 Å². The normalized spacial score (nSPS) is 15.0. The first-order valence-corrected chi connectivity index (χ1v) is 8.56. The van der Waals surface area contributed by atoms with Crippen LogP contribution in [-0.4, -0.2) is 20.4 Å². The number of aromatic nitrogens is 3. The molecule has 0 saturated carbocycles. The topological polar surface area (TPSA) is 52.0 Å². The Bertz CT molecular complexity index is 854. The average Bonchev–Trinajstić information content (AvgIpc) is 3.21. The summed E-state index contributed by atoms with van der Waals surface area (Å²) in [7, 11) is 0. The molecule has 128 valence electrons. The second-order valence-corrected chi connectivity index (χ2v) is 7.06. The van der Waals surface area contributed by atoms with Crippen LogP contribution in [0.4, 0.5) is 0 Å². The van der Waals surface area contributed by atoms with Gasteiger partial charge in [-0.1, -0.05) is 18.2 Å². The first kappa shape index (κ1) is 15.8. The first-order valence-electron chi connectivity index (χ1n) is 8.56. The van der Waals surface area contributed by atoms with E-state index in [1.165, 1.54) is 11.1 Å². The molecule has 0 saturated heterocycles. The van der Waals surface area contributed by atoms with Crippen LogP contribution < -0.4 is 10.1 Å². The fourth-order valence-corrected chi connectivity index (χ4v) is 3.19. The molecule has 4 rings (SSSR count). The Balaban J connectivity index is 1.34. The van der Waals surface area contributed by atoms with Gasteiger partial charge in [0.1, 0.15) is 11.4 Å². The third-order valence-electron chi connectivity index (χ3n) is 4.33. The molecule has 1 aliphatic heterocycles. The quantitative estimate of drug-likeness (QED) is 0.778. The van der Waals surface area contributed by atoms with E-state index in [2.05, 4.69) is 53.5 Å². The zero-order chi connectivity index (χ0) is 17.3. The molecule has 1 N–H and O–H groups in total. The lowest BCUT2D eigenvalue weighted by Crippen LogP contribution is -2.24. The average molecular weight is 334 g/mol. The largest absolute Gasteiger partial charge is 0.487 e. The van der Waals surface area contributed by atoms with Crippen molar-refractivity contribution in [3.8, 4) is 11.6 Å². The second-order valence-electron chi connectivity index (χ2n) is 7.06. The molecular formula is C20H22N4O. The van der Waals surface area contributed by atoms with Gasteiger partial charge in [-0.15, -0.1) is 0 Å². The van der Waals surface area contributed by atoms with E-state index in [1.807, 2.05) is 24.5 Å². The van der Waals surface area contributed by atoms with Gasteiger partial charge in [-0.2, -0.15) is 5.10 Å². The zero-order valence-corrected chi connectivity index (χ0v) is 14.6. The van der Waals surface area contributed by atoms with Crippen molar-refractivity contribution in [2.45, 2.75) is 39.0 Å². The van der Waals surface area contributed by atoms with Crippen molar-refractivity contribution in [2.24, 2.45) is 0 Å². The van der Waals surface area contributed by atoms with Gasteiger partial charge in [0.2, 0.25) is 0 Å². The number of ether oxygens (including phenoxy) is 1. The van der Waals surface area contributed by atoms with Crippen LogP contribution in [0.5, 0.6) is 5.75 Å². The van der Waals surface area contributed by atoms with E-state index in [0.29, 0.717) is 0 Å². The minimum Gasteiger partial charge on any atom is -0.487 e. The van der Waals surface area contributed by atoms with Crippen LogP contribution in [0.25, 0.3) is 5.82 Å². The van der Waals surface area contributed by atoms with Gasteiger partial charge >= 0.3 is 0 Å². The molecule has 1 aromatic carbocycles. The summed E-state index contributed by atoms with van der Waals surface area (Å²) in [6, 6.07) is 12.4. The van der Waals surface area contributed by atoms with Crippen molar-refractivity contribution in [1.29, 1.82) is 0 Å². The van der Waals surface area contributed by atoms with Crippen molar-refractivity contribution in [2.75, 3.05) is 0 Å². The molecule has 2 aromatic heterocycles. The molecule has 0 fully saturated rings. The molecule has 0 radical (unpaired) electrons. The Morgan fingerprint density at radius 1 is 1.16 bits per heavy atom. The number of pyridine rings is 1. The van der Waals surface area contributed by atoms with Crippen molar-refractivity contribution in [3.05, 3.63) is 71.7 Å². The standard InChI is InChI=1S/C20H22N4O/c1-20(2)11-17-10-15(4-6-18(17)25-20)12-21-13-16-5-7-19(22-14-16)24-9-3-8-23-24/h3-10,14,21H,11-13H2,1-2H3. The zero-order valence-electron chi connectivity index (χ0n) is 14.6. The van der Waals surface area contributed by atoms with Crippen molar-refractivity contribution < 1.29 is 4.74 Å². The first-order chi connectivity index (χ1) is 12.1. The molecule has 0 atom stereocenters. The summed E-state index contributed by atoms with van der Waals surface area (Å²) in [5.41, 5.74) is 3.65. The molecule has 0 unspecified atom stereocenters. The fourth-order valence-electron chi connectivity index (χ4n) is 3.19. The lowest BCUT2D eigenvalue weighted by atomic mass is 10.0. The Morgan fingerprint density at radius 2 is 2.00 bits per heavy atom. The van der Waals surface area contributed by atoms with Gasteiger partial charge in [0.15, 0.2) is 5.82 Å². The van der Waals surface area contributed by atoms with E-state index in [9.17, 15) is 0 Å². The minimum atomic E-state index is -0.0869. The maximum Gasteiger partial charge on any atom is 0.153 e. The molecule has 0 aliphatic carbocycles. The third-order valence-corrected chi connectivity index (χ3v) is 4.33. The predicted molar refractivity (Wildman–Crippen MR) is 96.8 cm³/mol.